The largest absolute Gasteiger partial charge is 0.341 e. The van der Waals surface area contributed by atoms with Gasteiger partial charge < -0.3 is 4.90 Å². The van der Waals surface area contributed by atoms with E-state index < -0.39 is 15.4 Å². The molecule has 1 atom stereocenters. The molecule has 1 heterocycles. The number of rotatable bonds is 4. The molecule has 1 aliphatic heterocycles. The summed E-state index contributed by atoms with van der Waals surface area (Å²) in [6.07, 6.45) is 2.53. The summed E-state index contributed by atoms with van der Waals surface area (Å²) in [6.45, 7) is 3.07. The lowest BCUT2D eigenvalue weighted by Gasteiger charge is -2.24. The second-order valence-corrected chi connectivity index (χ2v) is 9.81. The predicted octanol–water partition coefficient (Wildman–Crippen LogP) is 3.34. The van der Waals surface area contributed by atoms with Gasteiger partial charge >= 0.3 is 0 Å². The topological polar surface area (TPSA) is 80.5 Å². The van der Waals surface area contributed by atoms with Gasteiger partial charge in [-0.3, -0.25) is 4.79 Å². The van der Waals surface area contributed by atoms with Gasteiger partial charge in [-0.25, -0.2) is 13.6 Å². The molecule has 0 bridgehead atoms. The molecule has 148 valence electrons. The molecule has 1 saturated heterocycles. The first kappa shape index (κ1) is 19.4. The zero-order chi connectivity index (χ0) is 20.1. The van der Waals surface area contributed by atoms with Crippen LogP contribution in [0.2, 0.25) is 5.02 Å². The second-order valence-electron chi connectivity index (χ2n) is 7.84. The normalized spacial score (nSPS) is 21.0. The molecule has 1 saturated carbocycles. The van der Waals surface area contributed by atoms with E-state index >= 15 is 0 Å². The molecule has 4 rings (SSSR count). The molecule has 1 aliphatic carbocycles. The van der Waals surface area contributed by atoms with Crippen LogP contribution in [0.5, 0.6) is 0 Å². The number of nitrogens with zero attached hydrogens (tertiary/aromatic N) is 1. The van der Waals surface area contributed by atoms with E-state index in [2.05, 4.69) is 0 Å². The standard InChI is InChI=1S/C21H23ClN2O3S/c1-14-18(3-2-4-19(14)28(23,26)27)15-9-12-24(13-15)20(25)21(10-11-21)16-5-7-17(22)8-6-16/h2-8,15H,9-13H2,1H3,(H2,23,26,27)/t15-/m1/s1. The van der Waals surface area contributed by atoms with Crippen LogP contribution in [0.25, 0.3) is 0 Å². The summed E-state index contributed by atoms with van der Waals surface area (Å²) < 4.78 is 23.6. The lowest BCUT2D eigenvalue weighted by atomic mass is 9.93. The molecule has 5 nitrogen and oxygen atoms in total. The number of halogens is 1. The monoisotopic (exact) mass is 418 g/mol. The van der Waals surface area contributed by atoms with Gasteiger partial charge in [0.1, 0.15) is 0 Å². The molecule has 0 spiro atoms. The van der Waals surface area contributed by atoms with Crippen LogP contribution in [0.4, 0.5) is 0 Å². The average molecular weight is 419 g/mol. The molecule has 2 aliphatic rings. The third-order valence-electron chi connectivity index (χ3n) is 6.10. The van der Waals surface area contributed by atoms with Crippen LogP contribution in [-0.4, -0.2) is 32.3 Å². The molecular weight excluding hydrogens is 396 g/mol. The highest BCUT2D eigenvalue weighted by Crippen LogP contribution is 2.50. The summed E-state index contributed by atoms with van der Waals surface area (Å²) in [5, 5.41) is 6.00. The number of carbonyl (C=O) groups is 1. The highest BCUT2D eigenvalue weighted by Gasteiger charge is 2.53. The highest BCUT2D eigenvalue weighted by atomic mass is 35.5. The first-order valence-electron chi connectivity index (χ1n) is 9.40. The van der Waals surface area contributed by atoms with E-state index in [4.69, 9.17) is 16.7 Å². The zero-order valence-corrected chi connectivity index (χ0v) is 17.3. The van der Waals surface area contributed by atoms with Crippen molar-refractivity contribution >= 4 is 27.5 Å². The molecular formula is C21H23ClN2O3S. The summed E-state index contributed by atoms with van der Waals surface area (Å²) in [6, 6.07) is 12.8. The first-order valence-corrected chi connectivity index (χ1v) is 11.3. The smallest absolute Gasteiger partial charge is 0.238 e. The molecule has 7 heteroatoms. The van der Waals surface area contributed by atoms with E-state index in [1.165, 1.54) is 6.07 Å². The molecule has 0 unspecified atom stereocenters. The van der Waals surface area contributed by atoms with Crippen molar-refractivity contribution in [2.45, 2.75) is 42.4 Å². The van der Waals surface area contributed by atoms with E-state index in [-0.39, 0.29) is 16.7 Å². The Labute approximate surface area is 170 Å². The number of primary sulfonamides is 1. The number of sulfonamides is 1. The van der Waals surface area contributed by atoms with Crippen molar-refractivity contribution in [2.75, 3.05) is 13.1 Å². The van der Waals surface area contributed by atoms with Crippen molar-refractivity contribution in [1.29, 1.82) is 0 Å². The van der Waals surface area contributed by atoms with E-state index in [0.29, 0.717) is 23.7 Å². The van der Waals surface area contributed by atoms with Crippen LogP contribution >= 0.6 is 11.6 Å². The van der Waals surface area contributed by atoms with E-state index in [1.807, 2.05) is 35.2 Å². The fraction of sp³-hybridized carbons (Fsp3) is 0.381. The fourth-order valence-corrected chi connectivity index (χ4v) is 5.34. The van der Waals surface area contributed by atoms with Crippen molar-refractivity contribution in [3.8, 4) is 0 Å². The minimum absolute atomic E-state index is 0.117. The third kappa shape index (κ3) is 3.34. The van der Waals surface area contributed by atoms with Gasteiger partial charge in [0.25, 0.3) is 0 Å². The zero-order valence-electron chi connectivity index (χ0n) is 15.7. The molecule has 2 N–H and O–H groups in total. The Bertz CT molecular complexity index is 1030. The van der Waals surface area contributed by atoms with Crippen LogP contribution < -0.4 is 5.14 Å². The highest BCUT2D eigenvalue weighted by molar-refractivity contribution is 7.89. The quantitative estimate of drug-likeness (QED) is 0.826. The van der Waals surface area contributed by atoms with E-state index in [0.717, 1.165) is 30.4 Å². The minimum atomic E-state index is -3.76. The Morgan fingerprint density at radius 1 is 1.18 bits per heavy atom. The Balaban J connectivity index is 1.55. The SMILES string of the molecule is Cc1c([C@@H]2CCN(C(=O)C3(c4ccc(Cl)cc4)CC3)C2)cccc1S(N)(=O)=O. The van der Waals surface area contributed by atoms with E-state index in [1.54, 1.807) is 13.0 Å². The lowest BCUT2D eigenvalue weighted by Crippen LogP contribution is -2.37. The summed E-state index contributed by atoms with van der Waals surface area (Å²) in [4.78, 5) is 15.4. The molecule has 2 aromatic carbocycles. The predicted molar refractivity (Wildman–Crippen MR) is 109 cm³/mol. The van der Waals surface area contributed by atoms with Gasteiger partial charge in [0, 0.05) is 24.0 Å². The molecule has 28 heavy (non-hydrogen) atoms. The van der Waals surface area contributed by atoms with Gasteiger partial charge in [0.2, 0.25) is 15.9 Å². The number of nitrogens with two attached hydrogens (primary N) is 1. The van der Waals surface area contributed by atoms with Gasteiger partial charge in [0.05, 0.1) is 10.3 Å². The number of hydrogen-bond acceptors (Lipinski definition) is 3. The summed E-state index contributed by atoms with van der Waals surface area (Å²) in [5.74, 6) is 0.282. The van der Waals surface area contributed by atoms with Crippen LogP contribution in [0.15, 0.2) is 47.4 Å². The number of carbonyl (C=O) groups excluding carboxylic acids is 1. The van der Waals surface area contributed by atoms with Gasteiger partial charge in [-0.2, -0.15) is 0 Å². The van der Waals surface area contributed by atoms with Gasteiger partial charge in [-0.1, -0.05) is 35.9 Å². The number of likely N-dealkylation sites (tertiary alicyclic amines) is 1. The lowest BCUT2D eigenvalue weighted by molar-refractivity contribution is -0.132. The number of benzene rings is 2. The summed E-state index contributed by atoms with van der Waals surface area (Å²) in [7, 11) is -3.76. The number of amides is 1. The van der Waals surface area contributed by atoms with Gasteiger partial charge in [-0.15, -0.1) is 0 Å². The van der Waals surface area contributed by atoms with Crippen molar-refractivity contribution in [3.63, 3.8) is 0 Å². The summed E-state index contributed by atoms with van der Waals surface area (Å²) in [5.41, 5.74) is 2.25. The second kappa shape index (κ2) is 6.87. The Morgan fingerprint density at radius 3 is 2.46 bits per heavy atom. The summed E-state index contributed by atoms with van der Waals surface area (Å²) >= 11 is 5.99. The average Bonchev–Trinajstić information content (AvgIpc) is 3.31. The molecule has 1 amide bonds. The maximum atomic E-state index is 13.3. The molecule has 0 aromatic heterocycles. The van der Waals surface area contributed by atoms with Crippen LogP contribution in [0.1, 0.15) is 41.9 Å². The maximum absolute atomic E-state index is 13.3. The van der Waals surface area contributed by atoms with Crippen LogP contribution in [0.3, 0.4) is 0 Å². The molecule has 2 fully saturated rings. The van der Waals surface area contributed by atoms with Crippen molar-refractivity contribution in [2.24, 2.45) is 5.14 Å². The van der Waals surface area contributed by atoms with Crippen molar-refractivity contribution in [3.05, 3.63) is 64.2 Å². The Morgan fingerprint density at radius 2 is 1.86 bits per heavy atom. The first-order chi connectivity index (χ1) is 13.2. The van der Waals surface area contributed by atoms with Crippen LogP contribution in [0, 0.1) is 6.92 Å². The molecule has 2 aromatic rings. The third-order valence-corrected chi connectivity index (χ3v) is 7.41. The Kier molecular flexibility index (Phi) is 4.76. The van der Waals surface area contributed by atoms with E-state index in [9.17, 15) is 13.2 Å². The number of hydrogen-bond donors (Lipinski definition) is 1. The van der Waals surface area contributed by atoms with Crippen molar-refractivity contribution in [1.82, 2.24) is 4.90 Å². The van der Waals surface area contributed by atoms with Gasteiger partial charge in [0.15, 0.2) is 0 Å². The maximum Gasteiger partial charge on any atom is 0.238 e. The Hall–Kier alpha value is -1.89. The molecule has 0 radical (unpaired) electrons. The fourth-order valence-electron chi connectivity index (χ4n) is 4.40. The van der Waals surface area contributed by atoms with Crippen molar-refractivity contribution < 1.29 is 13.2 Å². The van der Waals surface area contributed by atoms with Gasteiger partial charge in [-0.05, 0) is 61.1 Å². The van der Waals surface area contributed by atoms with Crippen LogP contribution in [-0.2, 0) is 20.2 Å². The minimum Gasteiger partial charge on any atom is -0.341 e.